The summed E-state index contributed by atoms with van der Waals surface area (Å²) in [7, 11) is 0. The fourth-order valence-corrected chi connectivity index (χ4v) is 5.14. The molecule has 0 saturated carbocycles. The maximum atomic E-state index is 10.4. The van der Waals surface area contributed by atoms with Crippen LogP contribution < -0.4 is 0 Å². The highest BCUT2D eigenvalue weighted by Crippen LogP contribution is 2.25. The van der Waals surface area contributed by atoms with Gasteiger partial charge < -0.3 is 0 Å². The molecule has 0 unspecified atom stereocenters. The first-order valence-electron chi connectivity index (χ1n) is 8.58. The Hall–Kier alpha value is -3.14. The monoisotopic (exact) mass is 438 g/mol. The lowest BCUT2D eigenvalue weighted by Crippen LogP contribution is -2.01. The molecule has 2 N–H and O–H groups in total. The maximum Gasteiger partial charge on any atom is 0.258 e. The van der Waals surface area contributed by atoms with E-state index in [1.54, 1.807) is 23.5 Å². The minimum Gasteiger partial charge on any atom is -0.284 e. The van der Waals surface area contributed by atoms with Gasteiger partial charge >= 0.3 is 0 Å². The third-order valence-electron chi connectivity index (χ3n) is 4.31. The van der Waals surface area contributed by atoms with E-state index in [9.17, 15) is 10.4 Å². The van der Waals surface area contributed by atoms with Crippen molar-refractivity contribution in [3.8, 4) is 0 Å². The van der Waals surface area contributed by atoms with Gasteiger partial charge in [0.05, 0.1) is 41.2 Å². The number of thiazole rings is 2. The average molecular weight is 439 g/mol. The van der Waals surface area contributed by atoms with Crippen molar-refractivity contribution in [3.05, 3.63) is 69.3 Å². The lowest BCUT2D eigenvalue weighted by atomic mass is 10.3. The number of aromatic nitrogens is 2. The first kappa shape index (κ1) is 17.9. The molecule has 0 bridgehead atoms. The molecule has 6 nitrogen and oxygen atoms in total. The van der Waals surface area contributed by atoms with Gasteiger partial charge in [-0.25, -0.2) is 9.97 Å². The molecule has 0 aliphatic carbocycles. The van der Waals surface area contributed by atoms with E-state index < -0.39 is 0 Å². The van der Waals surface area contributed by atoms with E-state index in [1.165, 1.54) is 34.0 Å². The van der Waals surface area contributed by atoms with E-state index in [4.69, 9.17) is 0 Å². The summed E-state index contributed by atoms with van der Waals surface area (Å²) in [5.74, 6) is 0. The molecule has 3 heterocycles. The Morgan fingerprint density at radius 3 is 1.66 bits per heavy atom. The Morgan fingerprint density at radius 1 is 0.690 bits per heavy atom. The van der Waals surface area contributed by atoms with Crippen molar-refractivity contribution in [2.45, 2.75) is 0 Å². The number of rotatable bonds is 4. The third-order valence-corrected chi connectivity index (χ3v) is 6.84. The third kappa shape index (κ3) is 3.63. The largest absolute Gasteiger partial charge is 0.284 e. The predicted octanol–water partition coefficient (Wildman–Crippen LogP) is 5.27. The Labute approximate surface area is 177 Å². The summed E-state index contributed by atoms with van der Waals surface area (Å²) < 4.78 is 4.24. The first-order chi connectivity index (χ1) is 14.2. The van der Waals surface area contributed by atoms with E-state index in [1.807, 2.05) is 48.5 Å². The predicted molar refractivity (Wildman–Crippen MR) is 117 cm³/mol. The number of nitrogens with zero attached hydrogens (tertiary/aromatic N) is 4. The summed E-state index contributed by atoms with van der Waals surface area (Å²) in [6.45, 7) is 0. The molecule has 3 aromatic heterocycles. The van der Waals surface area contributed by atoms with Crippen LogP contribution in [0.5, 0.6) is 0 Å². The van der Waals surface area contributed by atoms with Gasteiger partial charge in [-0.2, -0.15) is 0 Å². The van der Waals surface area contributed by atoms with Crippen molar-refractivity contribution >= 4 is 78.2 Å². The zero-order valence-electron chi connectivity index (χ0n) is 14.8. The minimum absolute atomic E-state index is 0.669. The normalized spacial score (nSPS) is 12.8. The smallest absolute Gasteiger partial charge is 0.258 e. The molecule has 0 aliphatic heterocycles. The lowest BCUT2D eigenvalue weighted by molar-refractivity contribution is -0.709. The lowest BCUT2D eigenvalue weighted by Gasteiger charge is -1.93. The molecule has 0 saturated heterocycles. The standard InChI is InChI=1S/C20H14N4O2S3/c25-23(13-1-5-17-19(7-13)27-11-21-17)9-15-3-4-16(29-15)10-24(26)14-2-6-18-20(8-14)28-12-22-18/h1-12,25-26H/q+2. The second kappa shape index (κ2) is 7.36. The van der Waals surface area contributed by atoms with Gasteiger partial charge in [0.15, 0.2) is 0 Å². The molecule has 0 atom stereocenters. The van der Waals surface area contributed by atoms with Crippen LogP contribution in [0.25, 0.3) is 20.4 Å². The van der Waals surface area contributed by atoms with Crippen LogP contribution in [0.15, 0.2) is 59.6 Å². The Morgan fingerprint density at radius 2 is 1.17 bits per heavy atom. The van der Waals surface area contributed by atoms with Crippen LogP contribution in [0.2, 0.25) is 0 Å². The van der Waals surface area contributed by atoms with Gasteiger partial charge in [-0.05, 0) is 24.3 Å². The minimum atomic E-state index is 0.669. The van der Waals surface area contributed by atoms with Crippen molar-refractivity contribution in [1.82, 2.24) is 9.97 Å². The van der Waals surface area contributed by atoms with Gasteiger partial charge in [-0.1, -0.05) is 0 Å². The summed E-state index contributed by atoms with van der Waals surface area (Å²) in [5, 5.41) is 20.8. The molecular weight excluding hydrogens is 424 g/mol. The Kier molecular flexibility index (Phi) is 4.55. The molecule has 2 aromatic carbocycles. The molecule has 0 aliphatic rings. The average Bonchev–Trinajstić information content (AvgIpc) is 3.47. The van der Waals surface area contributed by atoms with E-state index in [0.29, 0.717) is 11.4 Å². The Balaban J connectivity index is 1.40. The van der Waals surface area contributed by atoms with Crippen molar-refractivity contribution < 1.29 is 19.9 Å². The van der Waals surface area contributed by atoms with Crippen LogP contribution >= 0.6 is 34.0 Å². The molecule has 9 heteroatoms. The summed E-state index contributed by atoms with van der Waals surface area (Å²) >= 11 is 4.52. The summed E-state index contributed by atoms with van der Waals surface area (Å²) in [6.07, 6.45) is 3.30. The molecule has 0 spiro atoms. The van der Waals surface area contributed by atoms with Gasteiger partial charge in [0, 0.05) is 33.7 Å². The summed E-state index contributed by atoms with van der Waals surface area (Å²) in [6, 6.07) is 15.0. The number of benzene rings is 2. The Bertz CT molecular complexity index is 1290. The van der Waals surface area contributed by atoms with E-state index in [0.717, 1.165) is 39.7 Å². The van der Waals surface area contributed by atoms with E-state index >= 15 is 0 Å². The van der Waals surface area contributed by atoms with Crippen molar-refractivity contribution in [1.29, 1.82) is 0 Å². The molecule has 5 rings (SSSR count). The van der Waals surface area contributed by atoms with E-state index in [-0.39, 0.29) is 0 Å². The van der Waals surface area contributed by atoms with Gasteiger partial charge in [0.2, 0.25) is 12.4 Å². The fourth-order valence-electron chi connectivity index (χ4n) is 2.87. The molecule has 0 amide bonds. The number of hydrogen-bond acceptors (Lipinski definition) is 7. The van der Waals surface area contributed by atoms with Crippen molar-refractivity contribution in [2.75, 3.05) is 0 Å². The maximum absolute atomic E-state index is 10.4. The number of thiophene rings is 1. The highest BCUT2D eigenvalue weighted by atomic mass is 32.1. The van der Waals surface area contributed by atoms with Crippen molar-refractivity contribution in [3.63, 3.8) is 0 Å². The van der Waals surface area contributed by atoms with Crippen LogP contribution in [-0.4, -0.2) is 42.3 Å². The molecule has 5 aromatic rings. The van der Waals surface area contributed by atoms with Gasteiger partial charge in [0.1, 0.15) is 0 Å². The van der Waals surface area contributed by atoms with Gasteiger partial charge in [0.25, 0.3) is 11.4 Å². The molecular formula is C20H14N4O2S3+2. The topological polar surface area (TPSA) is 72.3 Å². The second-order valence-corrected chi connectivity index (χ2v) is 9.12. The summed E-state index contributed by atoms with van der Waals surface area (Å²) in [4.78, 5) is 10.2. The zero-order valence-corrected chi connectivity index (χ0v) is 17.3. The number of hydrogen-bond donors (Lipinski definition) is 2. The molecule has 29 heavy (non-hydrogen) atoms. The highest BCUT2D eigenvalue weighted by Gasteiger charge is 2.14. The van der Waals surface area contributed by atoms with Crippen LogP contribution in [0.3, 0.4) is 0 Å². The van der Waals surface area contributed by atoms with Crippen molar-refractivity contribution in [2.24, 2.45) is 0 Å². The molecule has 142 valence electrons. The van der Waals surface area contributed by atoms with Crippen LogP contribution in [0, 0.1) is 0 Å². The molecule has 0 fully saturated rings. The van der Waals surface area contributed by atoms with E-state index in [2.05, 4.69) is 9.97 Å². The molecule has 0 radical (unpaired) electrons. The quantitative estimate of drug-likeness (QED) is 0.173. The van der Waals surface area contributed by atoms with Crippen LogP contribution in [0.4, 0.5) is 11.4 Å². The highest BCUT2D eigenvalue weighted by molar-refractivity contribution is 7.17. The fraction of sp³-hybridized carbons (Fsp3) is 0. The number of fused-ring (bicyclic) bond motifs is 2. The van der Waals surface area contributed by atoms with Crippen LogP contribution in [-0.2, 0) is 0 Å². The van der Waals surface area contributed by atoms with Gasteiger partial charge in [-0.3, -0.25) is 10.4 Å². The van der Waals surface area contributed by atoms with Gasteiger partial charge in [-0.15, -0.1) is 34.0 Å². The van der Waals surface area contributed by atoms with Crippen LogP contribution in [0.1, 0.15) is 9.75 Å². The SMILES string of the molecule is O/[N+](=C\c1ccc(/C=[N+](/O)c2ccc3ncsc3c2)s1)c1ccc2ncsc2c1. The first-order valence-corrected chi connectivity index (χ1v) is 11.2. The second-order valence-electron chi connectivity index (χ2n) is 6.20. The summed E-state index contributed by atoms with van der Waals surface area (Å²) in [5.41, 5.74) is 6.74. The zero-order chi connectivity index (χ0) is 19.8.